The molecule has 0 aliphatic heterocycles. The fraction of sp³-hybridized carbons (Fsp3) is 0. The summed E-state index contributed by atoms with van der Waals surface area (Å²) in [6, 6.07) is 10.9. The molecular formula is C12H11N3O4S. The molecule has 8 heteroatoms. The van der Waals surface area contributed by atoms with E-state index in [9.17, 15) is 18.5 Å². The number of benzene rings is 2. The number of non-ortho nitro benzene ring substituents is 1. The van der Waals surface area contributed by atoms with Gasteiger partial charge in [-0.15, -0.1) is 0 Å². The van der Waals surface area contributed by atoms with Gasteiger partial charge in [0.15, 0.2) is 0 Å². The Morgan fingerprint density at radius 1 is 1.10 bits per heavy atom. The van der Waals surface area contributed by atoms with E-state index in [2.05, 4.69) is 4.72 Å². The van der Waals surface area contributed by atoms with E-state index in [0.717, 1.165) is 12.1 Å². The highest BCUT2D eigenvalue weighted by molar-refractivity contribution is 7.92. The Balaban J connectivity index is 2.28. The third-order valence-corrected chi connectivity index (χ3v) is 3.89. The normalized spacial score (nSPS) is 11.0. The van der Waals surface area contributed by atoms with Gasteiger partial charge in [0.2, 0.25) is 0 Å². The second-order valence-corrected chi connectivity index (χ2v) is 5.66. The van der Waals surface area contributed by atoms with Crippen molar-refractivity contribution in [3.05, 3.63) is 58.6 Å². The molecule has 0 aromatic heterocycles. The average Bonchev–Trinajstić information content (AvgIpc) is 2.38. The Morgan fingerprint density at radius 3 is 2.30 bits per heavy atom. The van der Waals surface area contributed by atoms with Crippen LogP contribution in [0.4, 0.5) is 17.1 Å². The predicted molar refractivity (Wildman–Crippen MR) is 74.8 cm³/mol. The summed E-state index contributed by atoms with van der Waals surface area (Å²) in [6.07, 6.45) is 0. The van der Waals surface area contributed by atoms with Gasteiger partial charge >= 0.3 is 0 Å². The fourth-order valence-electron chi connectivity index (χ4n) is 1.56. The topological polar surface area (TPSA) is 115 Å². The lowest BCUT2D eigenvalue weighted by atomic mass is 10.3. The van der Waals surface area contributed by atoms with Crippen LogP contribution in [-0.4, -0.2) is 13.3 Å². The van der Waals surface area contributed by atoms with Crippen molar-refractivity contribution in [3.63, 3.8) is 0 Å². The number of nitro groups is 1. The number of hydrogen-bond acceptors (Lipinski definition) is 5. The molecule has 0 aliphatic rings. The fourth-order valence-corrected chi connectivity index (χ4v) is 2.61. The number of anilines is 2. The molecule has 2 rings (SSSR count). The van der Waals surface area contributed by atoms with Crippen LogP contribution in [0, 0.1) is 10.1 Å². The zero-order chi connectivity index (χ0) is 14.8. The average molecular weight is 293 g/mol. The van der Waals surface area contributed by atoms with Crippen LogP contribution in [0.5, 0.6) is 0 Å². The van der Waals surface area contributed by atoms with Crippen LogP contribution in [0.3, 0.4) is 0 Å². The molecule has 7 nitrogen and oxygen atoms in total. The van der Waals surface area contributed by atoms with Crippen LogP contribution in [0.25, 0.3) is 0 Å². The zero-order valence-corrected chi connectivity index (χ0v) is 11.0. The Hall–Kier alpha value is -2.61. The van der Waals surface area contributed by atoms with Crippen molar-refractivity contribution in [2.75, 3.05) is 10.5 Å². The molecule has 0 unspecified atom stereocenters. The molecule has 0 atom stereocenters. The van der Waals surface area contributed by atoms with Gasteiger partial charge in [0.1, 0.15) is 0 Å². The molecule has 0 amide bonds. The van der Waals surface area contributed by atoms with Crippen LogP contribution in [0.15, 0.2) is 53.4 Å². The molecule has 0 spiro atoms. The molecule has 0 bridgehead atoms. The van der Waals surface area contributed by atoms with Gasteiger partial charge in [-0.05, 0) is 30.3 Å². The lowest BCUT2D eigenvalue weighted by molar-refractivity contribution is -0.384. The zero-order valence-electron chi connectivity index (χ0n) is 10.2. The van der Waals surface area contributed by atoms with Crippen LogP contribution < -0.4 is 10.5 Å². The van der Waals surface area contributed by atoms with E-state index in [4.69, 9.17) is 5.73 Å². The molecule has 0 aliphatic carbocycles. The lowest BCUT2D eigenvalue weighted by Crippen LogP contribution is -2.13. The van der Waals surface area contributed by atoms with E-state index in [1.54, 1.807) is 18.2 Å². The number of nitrogens with two attached hydrogens (primary N) is 1. The number of nitrogens with zero attached hydrogens (tertiary/aromatic N) is 1. The summed E-state index contributed by atoms with van der Waals surface area (Å²) in [7, 11) is -3.80. The largest absolute Gasteiger partial charge is 0.399 e. The van der Waals surface area contributed by atoms with E-state index in [-0.39, 0.29) is 10.6 Å². The van der Waals surface area contributed by atoms with Gasteiger partial charge in [0, 0.05) is 17.8 Å². The third kappa shape index (κ3) is 3.04. The highest BCUT2D eigenvalue weighted by Gasteiger charge is 2.15. The van der Waals surface area contributed by atoms with Crippen molar-refractivity contribution in [3.8, 4) is 0 Å². The lowest BCUT2D eigenvalue weighted by Gasteiger charge is -2.08. The van der Waals surface area contributed by atoms with Crippen LogP contribution in [0.2, 0.25) is 0 Å². The highest BCUT2D eigenvalue weighted by atomic mass is 32.2. The van der Waals surface area contributed by atoms with Gasteiger partial charge in [0.05, 0.1) is 15.5 Å². The van der Waals surface area contributed by atoms with Crippen molar-refractivity contribution in [1.82, 2.24) is 0 Å². The summed E-state index contributed by atoms with van der Waals surface area (Å²) < 4.78 is 26.5. The second kappa shape index (κ2) is 5.17. The molecule has 0 fully saturated rings. The van der Waals surface area contributed by atoms with Crippen molar-refractivity contribution in [2.45, 2.75) is 4.90 Å². The van der Waals surface area contributed by atoms with Gasteiger partial charge in [-0.2, -0.15) is 0 Å². The molecule has 104 valence electrons. The van der Waals surface area contributed by atoms with Crippen LogP contribution in [0.1, 0.15) is 0 Å². The summed E-state index contributed by atoms with van der Waals surface area (Å²) in [5.74, 6) is 0. The first kappa shape index (κ1) is 13.8. The van der Waals surface area contributed by atoms with E-state index in [1.807, 2.05) is 0 Å². The maximum Gasteiger partial charge on any atom is 0.269 e. The Morgan fingerprint density at radius 2 is 1.75 bits per heavy atom. The Kier molecular flexibility index (Phi) is 3.57. The molecular weight excluding hydrogens is 282 g/mol. The SMILES string of the molecule is Nc1cccc(NS(=O)(=O)c2ccc([N+](=O)[O-])cc2)c1. The van der Waals surface area contributed by atoms with E-state index in [0.29, 0.717) is 11.4 Å². The van der Waals surface area contributed by atoms with Crippen LogP contribution in [-0.2, 0) is 10.0 Å². The first-order valence-electron chi connectivity index (χ1n) is 5.51. The molecule has 3 N–H and O–H groups in total. The molecule has 2 aromatic rings. The maximum atomic E-state index is 12.1. The van der Waals surface area contributed by atoms with Crippen molar-refractivity contribution >= 4 is 27.1 Å². The summed E-state index contributed by atoms with van der Waals surface area (Å²) in [4.78, 5) is 9.86. The van der Waals surface area contributed by atoms with Gasteiger partial charge in [-0.3, -0.25) is 14.8 Å². The van der Waals surface area contributed by atoms with E-state index >= 15 is 0 Å². The minimum atomic E-state index is -3.80. The molecule has 20 heavy (non-hydrogen) atoms. The Labute approximate surface area is 115 Å². The molecule has 0 heterocycles. The monoisotopic (exact) mass is 293 g/mol. The second-order valence-electron chi connectivity index (χ2n) is 3.98. The quantitative estimate of drug-likeness (QED) is 0.508. The van der Waals surface area contributed by atoms with Crippen molar-refractivity contribution < 1.29 is 13.3 Å². The van der Waals surface area contributed by atoms with Crippen molar-refractivity contribution in [2.24, 2.45) is 0 Å². The van der Waals surface area contributed by atoms with Gasteiger partial charge in [-0.1, -0.05) is 6.07 Å². The smallest absolute Gasteiger partial charge is 0.269 e. The minimum Gasteiger partial charge on any atom is -0.399 e. The number of nitro benzene ring substituents is 1. The van der Waals surface area contributed by atoms with E-state index < -0.39 is 14.9 Å². The first-order chi connectivity index (χ1) is 9.38. The van der Waals surface area contributed by atoms with Gasteiger partial charge < -0.3 is 5.73 Å². The standard InChI is InChI=1S/C12H11N3O4S/c13-9-2-1-3-10(8-9)14-20(18,19)12-6-4-11(5-7-12)15(16)17/h1-8,14H,13H2. The van der Waals surface area contributed by atoms with Crippen LogP contribution >= 0.6 is 0 Å². The minimum absolute atomic E-state index is 0.0643. The van der Waals surface area contributed by atoms with E-state index in [1.165, 1.54) is 18.2 Å². The third-order valence-electron chi connectivity index (χ3n) is 2.50. The number of nitrogens with one attached hydrogen (secondary N) is 1. The Bertz CT molecular complexity index is 742. The summed E-state index contributed by atoms with van der Waals surface area (Å²) in [5, 5.41) is 10.5. The molecule has 0 saturated heterocycles. The predicted octanol–water partition coefficient (Wildman–Crippen LogP) is 1.98. The molecule has 0 saturated carbocycles. The van der Waals surface area contributed by atoms with Gasteiger partial charge in [0.25, 0.3) is 15.7 Å². The van der Waals surface area contributed by atoms with Gasteiger partial charge in [-0.25, -0.2) is 8.42 Å². The summed E-state index contributed by atoms with van der Waals surface area (Å²) >= 11 is 0. The number of rotatable bonds is 4. The summed E-state index contributed by atoms with van der Waals surface area (Å²) in [5.41, 5.74) is 6.13. The number of sulfonamides is 1. The van der Waals surface area contributed by atoms with Crippen molar-refractivity contribution in [1.29, 1.82) is 0 Å². The summed E-state index contributed by atoms with van der Waals surface area (Å²) in [6.45, 7) is 0. The first-order valence-corrected chi connectivity index (χ1v) is 6.99. The molecule has 0 radical (unpaired) electrons. The number of hydrogen-bond donors (Lipinski definition) is 2. The highest BCUT2D eigenvalue weighted by Crippen LogP contribution is 2.20. The molecule has 2 aromatic carbocycles. The number of nitrogen functional groups attached to an aromatic ring is 1. The maximum absolute atomic E-state index is 12.1.